The molecule has 0 aromatic carbocycles. The molecule has 1 aromatic rings. The third kappa shape index (κ3) is 2.49. The Morgan fingerprint density at radius 1 is 1.62 bits per heavy atom. The van der Waals surface area contributed by atoms with Crippen LogP contribution in [0.25, 0.3) is 0 Å². The molecule has 0 atom stereocenters. The van der Waals surface area contributed by atoms with Crippen LogP contribution < -0.4 is 16.0 Å². The van der Waals surface area contributed by atoms with E-state index in [4.69, 9.17) is 0 Å². The van der Waals surface area contributed by atoms with Gasteiger partial charge in [0, 0.05) is 31.5 Å². The molecule has 2 rings (SSSR count). The van der Waals surface area contributed by atoms with Crippen LogP contribution in [0.3, 0.4) is 0 Å². The summed E-state index contributed by atoms with van der Waals surface area (Å²) in [5, 5.41) is 9.24. The molecular formula is C11H16N4O. The summed E-state index contributed by atoms with van der Waals surface area (Å²) in [5.41, 5.74) is 1.40. The number of aromatic nitrogens is 1. The van der Waals surface area contributed by atoms with Gasteiger partial charge in [0.15, 0.2) is 0 Å². The standard InChI is InChI=1S/C11H16N4O/c1-2-13-11(16)10-5-8(3-4-14-10)15-9-6-12-7-9/h3-5,9,12H,2,6-7H2,1H3,(H,13,16)(H,14,15). The highest BCUT2D eigenvalue weighted by molar-refractivity contribution is 5.93. The van der Waals surface area contributed by atoms with Gasteiger partial charge in [0.25, 0.3) is 5.91 Å². The first-order chi connectivity index (χ1) is 7.79. The van der Waals surface area contributed by atoms with Crippen molar-refractivity contribution in [3.63, 3.8) is 0 Å². The Morgan fingerprint density at radius 3 is 3.06 bits per heavy atom. The smallest absolute Gasteiger partial charge is 0.269 e. The van der Waals surface area contributed by atoms with E-state index < -0.39 is 0 Å². The maximum atomic E-state index is 11.6. The molecule has 1 amide bonds. The fraction of sp³-hybridized carbons (Fsp3) is 0.455. The number of hydrogen-bond acceptors (Lipinski definition) is 4. The molecule has 0 bridgehead atoms. The number of nitrogens with zero attached hydrogens (tertiary/aromatic N) is 1. The third-order valence-corrected chi connectivity index (χ3v) is 2.48. The van der Waals surface area contributed by atoms with Gasteiger partial charge < -0.3 is 16.0 Å². The number of carbonyl (C=O) groups excluding carboxylic acids is 1. The Hall–Kier alpha value is -1.62. The van der Waals surface area contributed by atoms with Crippen LogP contribution in [0.5, 0.6) is 0 Å². The monoisotopic (exact) mass is 220 g/mol. The predicted molar refractivity (Wildman–Crippen MR) is 62.5 cm³/mol. The average molecular weight is 220 g/mol. The van der Waals surface area contributed by atoms with Crippen molar-refractivity contribution in [2.45, 2.75) is 13.0 Å². The first-order valence-electron chi connectivity index (χ1n) is 5.51. The maximum absolute atomic E-state index is 11.6. The lowest BCUT2D eigenvalue weighted by Crippen LogP contribution is -2.51. The summed E-state index contributed by atoms with van der Waals surface area (Å²) in [6, 6.07) is 4.12. The summed E-state index contributed by atoms with van der Waals surface area (Å²) >= 11 is 0. The van der Waals surface area contributed by atoms with E-state index >= 15 is 0 Å². The zero-order valence-corrected chi connectivity index (χ0v) is 9.29. The average Bonchev–Trinajstić information content (AvgIpc) is 2.24. The van der Waals surface area contributed by atoms with E-state index in [0.29, 0.717) is 18.3 Å². The molecule has 0 aliphatic carbocycles. The summed E-state index contributed by atoms with van der Waals surface area (Å²) in [6.45, 7) is 4.45. The SMILES string of the molecule is CCNC(=O)c1cc(NC2CNC2)ccn1. The minimum Gasteiger partial charge on any atom is -0.380 e. The van der Waals surface area contributed by atoms with E-state index in [1.54, 1.807) is 12.3 Å². The normalized spacial score (nSPS) is 15.3. The van der Waals surface area contributed by atoms with Crippen LogP contribution in [0.2, 0.25) is 0 Å². The molecule has 1 aliphatic rings. The molecular weight excluding hydrogens is 204 g/mol. The van der Waals surface area contributed by atoms with Gasteiger partial charge in [-0.3, -0.25) is 9.78 Å². The molecule has 0 saturated carbocycles. The second kappa shape index (κ2) is 4.94. The highest BCUT2D eigenvalue weighted by Crippen LogP contribution is 2.10. The zero-order chi connectivity index (χ0) is 11.4. The number of rotatable bonds is 4. The van der Waals surface area contributed by atoms with Gasteiger partial charge in [0.2, 0.25) is 0 Å². The number of pyridine rings is 1. The Kier molecular flexibility index (Phi) is 3.36. The van der Waals surface area contributed by atoms with Crippen molar-refractivity contribution >= 4 is 11.6 Å². The van der Waals surface area contributed by atoms with E-state index in [9.17, 15) is 4.79 Å². The minimum absolute atomic E-state index is 0.127. The van der Waals surface area contributed by atoms with Crippen molar-refractivity contribution in [1.82, 2.24) is 15.6 Å². The van der Waals surface area contributed by atoms with Crippen LogP contribution in [0.15, 0.2) is 18.3 Å². The van der Waals surface area contributed by atoms with Crippen LogP contribution in [0.4, 0.5) is 5.69 Å². The van der Waals surface area contributed by atoms with Gasteiger partial charge in [-0.25, -0.2) is 0 Å². The van der Waals surface area contributed by atoms with Gasteiger partial charge >= 0.3 is 0 Å². The number of amides is 1. The highest BCUT2D eigenvalue weighted by Gasteiger charge is 2.16. The van der Waals surface area contributed by atoms with Crippen LogP contribution in [-0.4, -0.2) is 36.6 Å². The molecule has 1 fully saturated rings. The fourth-order valence-corrected chi connectivity index (χ4v) is 1.52. The van der Waals surface area contributed by atoms with Gasteiger partial charge in [0.05, 0.1) is 6.04 Å². The molecule has 3 N–H and O–H groups in total. The topological polar surface area (TPSA) is 66.1 Å². The molecule has 5 nitrogen and oxygen atoms in total. The quantitative estimate of drug-likeness (QED) is 0.679. The van der Waals surface area contributed by atoms with Crippen LogP contribution in [0.1, 0.15) is 17.4 Å². The van der Waals surface area contributed by atoms with E-state index in [1.165, 1.54) is 0 Å². The Bertz CT molecular complexity index is 376. The van der Waals surface area contributed by atoms with E-state index in [0.717, 1.165) is 18.8 Å². The van der Waals surface area contributed by atoms with Crippen molar-refractivity contribution in [3.05, 3.63) is 24.0 Å². The predicted octanol–water partition coefficient (Wildman–Crippen LogP) is 0.215. The number of hydrogen-bond donors (Lipinski definition) is 3. The highest BCUT2D eigenvalue weighted by atomic mass is 16.1. The molecule has 2 heterocycles. The summed E-state index contributed by atoms with van der Waals surface area (Å²) in [5.74, 6) is -0.127. The summed E-state index contributed by atoms with van der Waals surface area (Å²) in [7, 11) is 0. The van der Waals surface area contributed by atoms with Crippen LogP contribution >= 0.6 is 0 Å². The molecule has 16 heavy (non-hydrogen) atoms. The van der Waals surface area contributed by atoms with Crippen molar-refractivity contribution in [2.24, 2.45) is 0 Å². The Morgan fingerprint density at radius 2 is 2.44 bits per heavy atom. The maximum Gasteiger partial charge on any atom is 0.269 e. The van der Waals surface area contributed by atoms with Crippen molar-refractivity contribution < 1.29 is 4.79 Å². The number of nitrogens with one attached hydrogen (secondary N) is 3. The molecule has 1 aliphatic heterocycles. The van der Waals surface area contributed by atoms with Gasteiger partial charge in [-0.2, -0.15) is 0 Å². The van der Waals surface area contributed by atoms with Crippen LogP contribution in [0, 0.1) is 0 Å². The second-order valence-electron chi connectivity index (χ2n) is 3.79. The largest absolute Gasteiger partial charge is 0.380 e. The Labute approximate surface area is 94.6 Å². The van der Waals surface area contributed by atoms with Gasteiger partial charge in [-0.1, -0.05) is 0 Å². The molecule has 0 radical (unpaired) electrons. The van der Waals surface area contributed by atoms with Crippen molar-refractivity contribution in [2.75, 3.05) is 25.0 Å². The lowest BCUT2D eigenvalue weighted by Gasteiger charge is -2.28. The van der Waals surface area contributed by atoms with E-state index in [2.05, 4.69) is 20.9 Å². The minimum atomic E-state index is -0.127. The third-order valence-electron chi connectivity index (χ3n) is 2.48. The van der Waals surface area contributed by atoms with Crippen molar-refractivity contribution in [1.29, 1.82) is 0 Å². The number of carbonyl (C=O) groups is 1. The first kappa shape index (κ1) is 10.9. The molecule has 0 unspecified atom stereocenters. The fourth-order valence-electron chi connectivity index (χ4n) is 1.52. The van der Waals surface area contributed by atoms with Gasteiger partial charge in [-0.05, 0) is 19.1 Å². The van der Waals surface area contributed by atoms with E-state index in [1.807, 2.05) is 13.0 Å². The molecule has 0 spiro atoms. The van der Waals surface area contributed by atoms with Crippen molar-refractivity contribution in [3.8, 4) is 0 Å². The molecule has 86 valence electrons. The van der Waals surface area contributed by atoms with Gasteiger partial charge in [0.1, 0.15) is 5.69 Å². The lowest BCUT2D eigenvalue weighted by atomic mass is 10.1. The summed E-state index contributed by atoms with van der Waals surface area (Å²) < 4.78 is 0. The number of anilines is 1. The summed E-state index contributed by atoms with van der Waals surface area (Å²) in [4.78, 5) is 15.6. The summed E-state index contributed by atoms with van der Waals surface area (Å²) in [6.07, 6.45) is 1.65. The first-order valence-corrected chi connectivity index (χ1v) is 5.51. The van der Waals surface area contributed by atoms with E-state index in [-0.39, 0.29) is 5.91 Å². The van der Waals surface area contributed by atoms with Gasteiger partial charge in [-0.15, -0.1) is 0 Å². The van der Waals surface area contributed by atoms with Crippen LogP contribution in [-0.2, 0) is 0 Å². The molecule has 1 aromatic heterocycles. The lowest BCUT2D eigenvalue weighted by molar-refractivity contribution is 0.0951. The second-order valence-corrected chi connectivity index (χ2v) is 3.79. The molecule has 5 heteroatoms. The molecule has 1 saturated heterocycles. The Balaban J connectivity index is 2.03. The zero-order valence-electron chi connectivity index (χ0n) is 9.29.